The van der Waals surface area contributed by atoms with Gasteiger partial charge in [0.2, 0.25) is 0 Å². The third-order valence-corrected chi connectivity index (χ3v) is 6.20. The van der Waals surface area contributed by atoms with Crippen molar-refractivity contribution in [3.05, 3.63) is 59.4 Å². The molecule has 4 N–H and O–H groups in total. The van der Waals surface area contributed by atoms with Gasteiger partial charge in [-0.05, 0) is 23.6 Å². The molecule has 1 fully saturated rings. The number of pyridine rings is 1. The van der Waals surface area contributed by atoms with E-state index < -0.39 is 29.0 Å². The van der Waals surface area contributed by atoms with Gasteiger partial charge in [0, 0.05) is 24.4 Å². The largest absolute Gasteiger partial charge is 0.477 e. The molecule has 2 heterocycles. The van der Waals surface area contributed by atoms with Crippen LogP contribution in [0.15, 0.2) is 42.7 Å². The molecule has 1 aliphatic heterocycles. The Balaban J connectivity index is 1.77. The maximum absolute atomic E-state index is 10.3. The Kier molecular flexibility index (Phi) is 6.73. The fraction of sp³-hybridized carbons (Fsp3) is 0.450. The highest BCUT2D eigenvalue weighted by atomic mass is 32.2. The number of nitrogens with zero attached hydrogens (tertiary/aromatic N) is 1. The summed E-state index contributed by atoms with van der Waals surface area (Å²) in [5.74, 6) is 0.557. The maximum atomic E-state index is 10.3. The van der Waals surface area contributed by atoms with Crippen LogP contribution >= 0.6 is 11.8 Å². The summed E-state index contributed by atoms with van der Waals surface area (Å²) in [7, 11) is 0. The van der Waals surface area contributed by atoms with Gasteiger partial charge in [-0.1, -0.05) is 31.2 Å². The second-order valence-corrected chi connectivity index (χ2v) is 7.99. The van der Waals surface area contributed by atoms with Crippen LogP contribution < -0.4 is 4.74 Å². The Labute approximate surface area is 162 Å². The van der Waals surface area contributed by atoms with E-state index in [0.717, 1.165) is 29.3 Å². The van der Waals surface area contributed by atoms with E-state index in [1.807, 2.05) is 0 Å². The minimum Gasteiger partial charge on any atom is -0.477 e. The van der Waals surface area contributed by atoms with Crippen LogP contribution in [0.5, 0.6) is 5.75 Å². The van der Waals surface area contributed by atoms with Crippen molar-refractivity contribution in [2.24, 2.45) is 0 Å². The van der Waals surface area contributed by atoms with E-state index in [9.17, 15) is 20.4 Å². The number of benzene rings is 1. The van der Waals surface area contributed by atoms with Crippen LogP contribution in [0.4, 0.5) is 0 Å². The van der Waals surface area contributed by atoms with E-state index >= 15 is 0 Å². The number of thioether (sulfide) groups is 1. The topological polar surface area (TPSA) is 103 Å². The van der Waals surface area contributed by atoms with Crippen LogP contribution in [-0.2, 0) is 12.8 Å². The zero-order valence-corrected chi connectivity index (χ0v) is 15.9. The van der Waals surface area contributed by atoms with E-state index in [4.69, 9.17) is 4.74 Å². The third kappa shape index (κ3) is 4.62. The van der Waals surface area contributed by atoms with Crippen LogP contribution in [0.3, 0.4) is 0 Å². The summed E-state index contributed by atoms with van der Waals surface area (Å²) in [6.07, 6.45) is 1.08. The number of hydrogen-bond acceptors (Lipinski definition) is 7. The highest BCUT2D eigenvalue weighted by molar-refractivity contribution is 8.00. The Morgan fingerprint density at radius 2 is 1.70 bits per heavy atom. The number of aryl methyl sites for hydroxylation is 1. The van der Waals surface area contributed by atoms with Gasteiger partial charge >= 0.3 is 0 Å². The molecule has 5 unspecified atom stereocenters. The van der Waals surface area contributed by atoms with Crippen LogP contribution in [0.2, 0.25) is 0 Å². The van der Waals surface area contributed by atoms with Crippen molar-refractivity contribution in [1.82, 2.24) is 4.98 Å². The first-order valence-corrected chi connectivity index (χ1v) is 9.95. The summed E-state index contributed by atoms with van der Waals surface area (Å²) in [5.41, 5.74) is 2.44. The molecule has 0 saturated carbocycles. The van der Waals surface area contributed by atoms with E-state index in [1.165, 1.54) is 5.56 Å². The number of aromatic nitrogens is 1. The lowest BCUT2D eigenvalue weighted by Crippen LogP contribution is -2.55. The van der Waals surface area contributed by atoms with Crippen LogP contribution in [0, 0.1) is 0 Å². The third-order valence-electron chi connectivity index (χ3n) is 4.78. The van der Waals surface area contributed by atoms with Gasteiger partial charge in [0.25, 0.3) is 0 Å². The second-order valence-electron chi connectivity index (χ2n) is 6.65. The molecule has 146 valence electrons. The monoisotopic (exact) mass is 391 g/mol. The Morgan fingerprint density at radius 1 is 1.00 bits per heavy atom. The molecular formula is C20H25NO5S. The minimum atomic E-state index is -1.37. The molecular weight excluding hydrogens is 366 g/mol. The van der Waals surface area contributed by atoms with Crippen molar-refractivity contribution in [3.8, 4) is 5.75 Å². The lowest BCUT2D eigenvalue weighted by atomic mass is 10.0. The summed E-state index contributed by atoms with van der Waals surface area (Å²) in [6.45, 7) is 1.79. The normalized spacial score (nSPS) is 28.1. The van der Waals surface area contributed by atoms with Crippen LogP contribution in [-0.4, -0.2) is 61.0 Å². The van der Waals surface area contributed by atoms with Gasteiger partial charge in [0.15, 0.2) is 5.44 Å². The number of aliphatic hydroxyl groups excluding tert-OH is 4. The van der Waals surface area contributed by atoms with Crippen molar-refractivity contribution >= 4 is 11.8 Å². The smallest absolute Gasteiger partial charge is 0.173 e. The number of hydrogen-bond donors (Lipinski definition) is 4. The molecule has 0 spiro atoms. The molecule has 1 aliphatic rings. The highest BCUT2D eigenvalue weighted by Crippen LogP contribution is 2.35. The van der Waals surface area contributed by atoms with Crippen LogP contribution in [0.1, 0.15) is 23.6 Å². The van der Waals surface area contributed by atoms with Crippen molar-refractivity contribution in [2.45, 2.75) is 48.8 Å². The van der Waals surface area contributed by atoms with Crippen LogP contribution in [0.25, 0.3) is 0 Å². The number of rotatable bonds is 6. The van der Waals surface area contributed by atoms with Gasteiger partial charge in [-0.3, -0.25) is 4.98 Å². The molecule has 5 atom stereocenters. The zero-order chi connectivity index (χ0) is 19.4. The predicted molar refractivity (Wildman–Crippen MR) is 104 cm³/mol. The molecule has 1 aromatic heterocycles. The summed E-state index contributed by atoms with van der Waals surface area (Å²) in [6, 6.07) is 10.0. The molecule has 27 heavy (non-hydrogen) atoms. The summed E-state index contributed by atoms with van der Waals surface area (Å²) in [5, 5.41) is 39.0. The fourth-order valence-corrected chi connectivity index (χ4v) is 4.30. The molecule has 1 saturated heterocycles. The molecule has 1 aromatic carbocycles. The van der Waals surface area contributed by atoms with E-state index in [2.05, 4.69) is 36.2 Å². The average Bonchev–Trinajstić information content (AvgIpc) is 2.70. The van der Waals surface area contributed by atoms with Gasteiger partial charge in [-0.15, -0.1) is 11.8 Å². The quantitative estimate of drug-likeness (QED) is 0.585. The van der Waals surface area contributed by atoms with Gasteiger partial charge < -0.3 is 25.2 Å². The lowest BCUT2D eigenvalue weighted by molar-refractivity contribution is -0.0910. The summed E-state index contributed by atoms with van der Waals surface area (Å²) < 4.78 is 5.96. The fourth-order valence-electron chi connectivity index (χ4n) is 3.06. The number of aliphatic hydroxyl groups is 4. The molecule has 0 radical (unpaired) electrons. The van der Waals surface area contributed by atoms with Crippen molar-refractivity contribution in [3.63, 3.8) is 0 Å². The molecule has 3 rings (SSSR count). The van der Waals surface area contributed by atoms with Crippen molar-refractivity contribution in [2.75, 3.05) is 6.61 Å². The van der Waals surface area contributed by atoms with Gasteiger partial charge in [-0.2, -0.15) is 0 Å². The first-order chi connectivity index (χ1) is 13.0. The first kappa shape index (κ1) is 20.1. The predicted octanol–water partition coefficient (Wildman–Crippen LogP) is 1.13. The Hall–Kier alpha value is -1.64. The first-order valence-electron chi connectivity index (χ1n) is 9.01. The maximum Gasteiger partial charge on any atom is 0.173 e. The van der Waals surface area contributed by atoms with Crippen molar-refractivity contribution < 1.29 is 25.2 Å². The summed E-state index contributed by atoms with van der Waals surface area (Å²) in [4.78, 5) is 4.17. The summed E-state index contributed by atoms with van der Waals surface area (Å²) >= 11 is 1.11. The zero-order valence-electron chi connectivity index (χ0n) is 15.1. The van der Waals surface area contributed by atoms with Gasteiger partial charge in [0.05, 0.1) is 18.0 Å². The average molecular weight is 391 g/mol. The van der Waals surface area contributed by atoms with E-state index in [-0.39, 0.29) is 6.61 Å². The molecule has 0 amide bonds. The van der Waals surface area contributed by atoms with E-state index in [1.54, 1.807) is 18.5 Å². The molecule has 2 aromatic rings. The minimum absolute atomic E-state index is 0.317. The molecule has 6 nitrogen and oxygen atoms in total. The van der Waals surface area contributed by atoms with Crippen molar-refractivity contribution in [1.29, 1.82) is 0 Å². The lowest BCUT2D eigenvalue weighted by Gasteiger charge is -2.39. The van der Waals surface area contributed by atoms with Gasteiger partial charge in [-0.25, -0.2) is 0 Å². The molecule has 0 aliphatic carbocycles. The Morgan fingerprint density at radius 3 is 2.37 bits per heavy atom. The van der Waals surface area contributed by atoms with Gasteiger partial charge in [0.1, 0.15) is 18.0 Å². The molecule has 7 heteroatoms. The number of ether oxygens (including phenoxy) is 1. The highest BCUT2D eigenvalue weighted by Gasteiger charge is 2.44. The molecule has 0 bridgehead atoms. The Bertz CT molecular complexity index is 739. The second kappa shape index (κ2) is 9.03. The SMILES string of the molecule is CCc1ccc(Cc2cnccc2OC2SC(CO)C(O)C(O)C2O)cc1. The standard InChI is InChI=1S/C20H25NO5S/c1-2-12-3-5-13(6-4-12)9-14-10-21-8-7-15(14)26-20-19(25)18(24)17(23)16(11-22)27-20/h3-8,10,16-20,22-25H,2,9,11H2,1H3. The van der Waals surface area contributed by atoms with E-state index in [0.29, 0.717) is 12.2 Å².